The van der Waals surface area contributed by atoms with Gasteiger partial charge in [-0.25, -0.2) is 0 Å². The molecule has 0 aromatic carbocycles. The van der Waals surface area contributed by atoms with Crippen LogP contribution >= 0.6 is 0 Å². The molecule has 1 saturated heterocycles. The average molecular weight is 136 g/mol. The lowest BCUT2D eigenvalue weighted by atomic mass is 9.96. The zero-order valence-electron chi connectivity index (χ0n) is 5.66. The Labute approximate surface area is 62.0 Å². The normalized spacial score (nSPS) is 39.4. The summed E-state index contributed by atoms with van der Waals surface area (Å²) >= 11 is 0. The minimum atomic E-state index is -0.481. The van der Waals surface area contributed by atoms with Crippen molar-refractivity contribution in [2.24, 2.45) is 0 Å². The van der Waals surface area contributed by atoms with Gasteiger partial charge in [0.15, 0.2) is 0 Å². The minimum absolute atomic E-state index is 0.250. The van der Waals surface area contributed by atoms with Crippen LogP contribution in [0.5, 0.6) is 0 Å². The van der Waals surface area contributed by atoms with Crippen LogP contribution in [0.2, 0.25) is 0 Å². The molecule has 1 rings (SSSR count). The van der Waals surface area contributed by atoms with E-state index in [1.807, 2.05) is 0 Å². The van der Waals surface area contributed by atoms with E-state index in [2.05, 4.69) is 5.92 Å². The second-order valence-corrected chi connectivity index (χ2v) is 2.42. The van der Waals surface area contributed by atoms with Crippen molar-refractivity contribution in [3.8, 4) is 12.3 Å². The first-order valence-corrected chi connectivity index (χ1v) is 3.26. The highest BCUT2D eigenvalue weighted by atomic mass is 16.5. The molecule has 0 aromatic rings. The first-order valence-electron chi connectivity index (χ1n) is 3.26. The van der Waals surface area contributed by atoms with Crippen molar-refractivity contribution in [1.82, 2.24) is 0 Å². The second-order valence-electron chi connectivity index (χ2n) is 2.42. The van der Waals surface area contributed by atoms with Gasteiger partial charge >= 0.3 is 0 Å². The Morgan fingerprint density at radius 2 is 2.50 bits per heavy atom. The van der Waals surface area contributed by atoms with Gasteiger partial charge in [0.1, 0.15) is 7.85 Å². The Bertz CT molecular complexity index is 152. The average Bonchev–Trinajstić information content (AvgIpc) is 2.13. The fourth-order valence-corrected chi connectivity index (χ4v) is 1.06. The van der Waals surface area contributed by atoms with Crippen LogP contribution in [0, 0.1) is 12.3 Å². The molecule has 0 spiro atoms. The summed E-state index contributed by atoms with van der Waals surface area (Å²) in [5.74, 6) is 2.42. The molecule has 1 N–H and O–H groups in total. The molecule has 3 heteroatoms. The summed E-state index contributed by atoms with van der Waals surface area (Å²) in [6, 6.07) is -0.339. The number of aliphatic hydroxyl groups is 1. The van der Waals surface area contributed by atoms with Gasteiger partial charge in [-0.1, -0.05) is 0 Å². The molecule has 0 aliphatic carbocycles. The molecule has 1 aliphatic heterocycles. The molecule has 1 aliphatic rings. The van der Waals surface area contributed by atoms with Gasteiger partial charge < -0.3 is 9.84 Å². The van der Waals surface area contributed by atoms with E-state index < -0.39 is 6.10 Å². The van der Waals surface area contributed by atoms with E-state index in [0.29, 0.717) is 12.8 Å². The van der Waals surface area contributed by atoms with Crippen LogP contribution < -0.4 is 0 Å². The predicted molar refractivity (Wildman–Crippen MR) is 38.5 cm³/mol. The van der Waals surface area contributed by atoms with Gasteiger partial charge in [-0.3, -0.25) is 0 Å². The zero-order valence-corrected chi connectivity index (χ0v) is 5.66. The summed E-state index contributed by atoms with van der Waals surface area (Å²) in [6.07, 6.45) is 5.24. The van der Waals surface area contributed by atoms with Crippen molar-refractivity contribution in [3.63, 3.8) is 0 Å². The van der Waals surface area contributed by atoms with Crippen molar-refractivity contribution in [1.29, 1.82) is 0 Å². The lowest BCUT2D eigenvalue weighted by molar-refractivity contribution is 0.0364. The Kier molecular flexibility index (Phi) is 2.36. The van der Waals surface area contributed by atoms with Crippen LogP contribution in [-0.2, 0) is 4.74 Å². The largest absolute Gasteiger partial charge is 0.390 e. The van der Waals surface area contributed by atoms with E-state index in [4.69, 9.17) is 19.0 Å². The Morgan fingerprint density at radius 1 is 1.80 bits per heavy atom. The molecule has 0 unspecified atom stereocenters. The molecule has 0 aromatic heterocycles. The molecule has 1 fully saturated rings. The molecular formula is C7H9BO2. The van der Waals surface area contributed by atoms with Gasteiger partial charge in [0.25, 0.3) is 0 Å². The van der Waals surface area contributed by atoms with E-state index in [-0.39, 0.29) is 12.1 Å². The van der Waals surface area contributed by atoms with Gasteiger partial charge in [-0.15, -0.1) is 12.3 Å². The molecule has 1 heterocycles. The van der Waals surface area contributed by atoms with Crippen LogP contribution in [0.1, 0.15) is 12.8 Å². The van der Waals surface area contributed by atoms with E-state index in [1.165, 1.54) is 0 Å². The van der Waals surface area contributed by atoms with Crippen LogP contribution in [-0.4, -0.2) is 31.2 Å². The third-order valence-electron chi connectivity index (χ3n) is 1.57. The third-order valence-corrected chi connectivity index (χ3v) is 1.57. The quantitative estimate of drug-likeness (QED) is 0.394. The first kappa shape index (κ1) is 7.65. The molecule has 2 nitrogen and oxygen atoms in total. The Morgan fingerprint density at radius 3 is 2.90 bits per heavy atom. The molecule has 52 valence electrons. The SMILES string of the molecule is [B][C@H]1C[C@@H](O)[C@@H](CC#C)O1. The molecule has 0 saturated carbocycles. The van der Waals surface area contributed by atoms with E-state index >= 15 is 0 Å². The molecule has 3 atom stereocenters. The summed E-state index contributed by atoms with van der Waals surface area (Å²) in [7, 11) is 5.40. The fraction of sp³-hybridized carbons (Fsp3) is 0.714. The van der Waals surface area contributed by atoms with Crippen molar-refractivity contribution >= 4 is 7.85 Å². The lowest BCUT2D eigenvalue weighted by Gasteiger charge is -2.09. The van der Waals surface area contributed by atoms with Gasteiger partial charge in [-0.2, -0.15) is 0 Å². The smallest absolute Gasteiger partial charge is 0.109 e. The Balaban J connectivity index is 2.40. The van der Waals surface area contributed by atoms with Crippen molar-refractivity contribution in [2.45, 2.75) is 31.1 Å². The molecule has 0 bridgehead atoms. The predicted octanol–water partition coefficient (Wildman–Crippen LogP) is -0.346. The van der Waals surface area contributed by atoms with Crippen molar-refractivity contribution < 1.29 is 9.84 Å². The van der Waals surface area contributed by atoms with Gasteiger partial charge in [0.05, 0.1) is 12.2 Å². The standard InChI is InChI=1S/C7H9BO2/c1-2-3-6-5(9)4-7(8)10-6/h1,5-7,9H,3-4H2/t5-,6-,7-/m1/s1. The van der Waals surface area contributed by atoms with E-state index in [0.717, 1.165) is 0 Å². The summed E-state index contributed by atoms with van der Waals surface area (Å²) in [6.45, 7) is 0. The molecule has 10 heavy (non-hydrogen) atoms. The third kappa shape index (κ3) is 1.53. The van der Waals surface area contributed by atoms with Crippen LogP contribution in [0.15, 0.2) is 0 Å². The summed E-state index contributed by atoms with van der Waals surface area (Å²) in [5.41, 5.74) is 0. The summed E-state index contributed by atoms with van der Waals surface area (Å²) in [4.78, 5) is 0. The number of hydrogen-bond donors (Lipinski definition) is 1. The topological polar surface area (TPSA) is 29.5 Å². The second kappa shape index (κ2) is 3.09. The van der Waals surface area contributed by atoms with Crippen molar-refractivity contribution in [3.05, 3.63) is 0 Å². The lowest BCUT2D eigenvalue weighted by Crippen LogP contribution is -2.19. The maximum atomic E-state index is 9.19. The maximum absolute atomic E-state index is 9.19. The number of hydrogen-bond acceptors (Lipinski definition) is 2. The van der Waals surface area contributed by atoms with Gasteiger partial charge in [0.2, 0.25) is 0 Å². The monoisotopic (exact) mass is 136 g/mol. The van der Waals surface area contributed by atoms with E-state index in [9.17, 15) is 5.11 Å². The summed E-state index contributed by atoms with van der Waals surface area (Å²) in [5, 5.41) is 9.19. The van der Waals surface area contributed by atoms with E-state index in [1.54, 1.807) is 0 Å². The maximum Gasteiger partial charge on any atom is 0.109 e. The number of ether oxygens (including phenoxy) is 1. The summed E-state index contributed by atoms with van der Waals surface area (Å²) < 4.78 is 5.10. The van der Waals surface area contributed by atoms with Gasteiger partial charge in [-0.05, 0) is 6.42 Å². The fourth-order valence-electron chi connectivity index (χ4n) is 1.06. The van der Waals surface area contributed by atoms with Crippen LogP contribution in [0.25, 0.3) is 0 Å². The zero-order chi connectivity index (χ0) is 7.56. The highest BCUT2D eigenvalue weighted by Gasteiger charge is 2.29. The van der Waals surface area contributed by atoms with Crippen LogP contribution in [0.4, 0.5) is 0 Å². The van der Waals surface area contributed by atoms with Crippen molar-refractivity contribution in [2.75, 3.05) is 0 Å². The number of terminal acetylenes is 1. The molecular weight excluding hydrogens is 127 g/mol. The number of rotatable bonds is 1. The van der Waals surface area contributed by atoms with Gasteiger partial charge in [0, 0.05) is 12.4 Å². The first-order chi connectivity index (χ1) is 4.74. The van der Waals surface area contributed by atoms with Crippen LogP contribution in [0.3, 0.4) is 0 Å². The Hall–Kier alpha value is -0.455. The number of aliphatic hydroxyl groups excluding tert-OH is 1. The minimum Gasteiger partial charge on any atom is -0.390 e. The highest BCUT2D eigenvalue weighted by Crippen LogP contribution is 2.19. The molecule has 2 radical (unpaired) electrons. The molecule has 0 amide bonds. The highest BCUT2D eigenvalue weighted by molar-refractivity contribution is 6.11.